The maximum absolute atomic E-state index is 11.2. The van der Waals surface area contributed by atoms with Crippen LogP contribution in [0.3, 0.4) is 0 Å². The zero-order valence-electron chi connectivity index (χ0n) is 11.7. The number of carboxylic acid groups (broad SMARTS) is 1. The lowest BCUT2D eigenvalue weighted by molar-refractivity contribution is 0.0694. The van der Waals surface area contributed by atoms with Crippen molar-refractivity contribution in [2.45, 2.75) is 19.5 Å². The second-order valence-corrected chi connectivity index (χ2v) is 5.51. The second kappa shape index (κ2) is 5.67. The molecule has 2 heterocycles. The fourth-order valence-electron chi connectivity index (χ4n) is 2.82. The highest BCUT2D eigenvalue weighted by Crippen LogP contribution is 2.22. The molecule has 1 saturated heterocycles. The van der Waals surface area contributed by atoms with Gasteiger partial charge in [-0.05, 0) is 32.1 Å². The predicted molar refractivity (Wildman–Crippen MR) is 73.1 cm³/mol. The number of likely N-dealkylation sites (N-methyl/N-ethyl adjacent to an activating group) is 1. The van der Waals surface area contributed by atoms with Crippen LogP contribution in [0.5, 0.6) is 0 Å². The maximum atomic E-state index is 11.2. The summed E-state index contributed by atoms with van der Waals surface area (Å²) in [5.41, 5.74) is 0.963. The Morgan fingerprint density at radius 1 is 1.53 bits per heavy atom. The third-order valence-corrected chi connectivity index (χ3v) is 3.81. The van der Waals surface area contributed by atoms with Crippen molar-refractivity contribution in [3.63, 3.8) is 0 Å². The number of carbonyl (C=O) groups is 1. The van der Waals surface area contributed by atoms with Crippen molar-refractivity contribution in [2.75, 3.05) is 27.2 Å². The minimum atomic E-state index is -0.903. The molecule has 2 rings (SSSR count). The summed E-state index contributed by atoms with van der Waals surface area (Å²) in [6, 6.07) is 3.81. The van der Waals surface area contributed by atoms with E-state index in [1.165, 1.54) is 0 Å². The first-order valence-electron chi connectivity index (χ1n) is 6.55. The first-order chi connectivity index (χ1) is 8.99. The van der Waals surface area contributed by atoms with Crippen molar-refractivity contribution in [2.24, 2.45) is 5.92 Å². The molecule has 2 atom stereocenters. The summed E-state index contributed by atoms with van der Waals surface area (Å²) in [5, 5.41) is 9.17. The van der Waals surface area contributed by atoms with Gasteiger partial charge >= 0.3 is 5.97 Å². The van der Waals surface area contributed by atoms with Crippen molar-refractivity contribution in [3.8, 4) is 0 Å². The van der Waals surface area contributed by atoms with Crippen molar-refractivity contribution in [1.29, 1.82) is 0 Å². The lowest BCUT2D eigenvalue weighted by atomic mass is 10.1. The summed E-state index contributed by atoms with van der Waals surface area (Å²) in [4.78, 5) is 19.9. The Kier molecular flexibility index (Phi) is 4.17. The van der Waals surface area contributed by atoms with Gasteiger partial charge in [0, 0.05) is 31.9 Å². The monoisotopic (exact) mass is 263 g/mol. The van der Waals surface area contributed by atoms with Crippen LogP contribution in [0, 0.1) is 5.92 Å². The Morgan fingerprint density at radius 3 is 2.84 bits per heavy atom. The smallest absolute Gasteiger partial charge is 0.337 e. The number of aromatic carboxylic acids is 1. The zero-order valence-corrected chi connectivity index (χ0v) is 11.7. The van der Waals surface area contributed by atoms with Gasteiger partial charge in [0.2, 0.25) is 0 Å². The topological polar surface area (TPSA) is 56.7 Å². The Hall–Kier alpha value is -1.46. The van der Waals surface area contributed by atoms with Gasteiger partial charge in [-0.1, -0.05) is 6.92 Å². The normalized spacial score (nSPS) is 24.0. The van der Waals surface area contributed by atoms with E-state index >= 15 is 0 Å². The molecule has 1 aliphatic heterocycles. The van der Waals surface area contributed by atoms with Gasteiger partial charge in [-0.3, -0.25) is 9.88 Å². The average molecular weight is 263 g/mol. The van der Waals surface area contributed by atoms with Crippen LogP contribution >= 0.6 is 0 Å². The quantitative estimate of drug-likeness (QED) is 0.883. The molecule has 0 radical (unpaired) electrons. The van der Waals surface area contributed by atoms with Crippen LogP contribution in [0.15, 0.2) is 18.3 Å². The highest BCUT2D eigenvalue weighted by atomic mass is 16.4. The lowest BCUT2D eigenvalue weighted by Gasteiger charge is -2.22. The van der Waals surface area contributed by atoms with Gasteiger partial charge in [0.15, 0.2) is 0 Å². The SMILES string of the molecule is CC1CN(Cc2ncccc2C(=O)O)CC1N(C)C. The largest absolute Gasteiger partial charge is 0.478 e. The third kappa shape index (κ3) is 3.11. The van der Waals surface area contributed by atoms with Crippen molar-refractivity contribution in [1.82, 2.24) is 14.8 Å². The molecule has 0 bridgehead atoms. The van der Waals surface area contributed by atoms with Crippen LogP contribution in [0.25, 0.3) is 0 Å². The van der Waals surface area contributed by atoms with E-state index in [1.807, 2.05) is 0 Å². The van der Waals surface area contributed by atoms with Crippen LogP contribution < -0.4 is 0 Å². The molecule has 1 N–H and O–H groups in total. The molecule has 1 fully saturated rings. The Bertz CT molecular complexity index is 462. The van der Waals surface area contributed by atoms with E-state index in [1.54, 1.807) is 18.3 Å². The molecule has 0 spiro atoms. The minimum absolute atomic E-state index is 0.309. The number of likely N-dealkylation sites (tertiary alicyclic amines) is 1. The van der Waals surface area contributed by atoms with Crippen molar-refractivity contribution in [3.05, 3.63) is 29.6 Å². The zero-order chi connectivity index (χ0) is 14.0. The minimum Gasteiger partial charge on any atom is -0.478 e. The van der Waals surface area contributed by atoms with E-state index in [4.69, 9.17) is 5.11 Å². The molecule has 0 saturated carbocycles. The number of hydrogen-bond acceptors (Lipinski definition) is 4. The van der Waals surface area contributed by atoms with Gasteiger partial charge in [-0.2, -0.15) is 0 Å². The summed E-state index contributed by atoms with van der Waals surface area (Å²) in [7, 11) is 4.18. The first kappa shape index (κ1) is 14.0. The average Bonchev–Trinajstić information content (AvgIpc) is 2.71. The third-order valence-electron chi connectivity index (χ3n) is 3.81. The molecule has 5 nitrogen and oxygen atoms in total. The standard InChI is InChI=1S/C14H21N3O2/c1-10-7-17(9-13(10)16(2)3)8-12-11(14(18)19)5-4-6-15-12/h4-6,10,13H,7-9H2,1-3H3,(H,18,19). The predicted octanol–water partition coefficient (Wildman–Crippen LogP) is 1.16. The van der Waals surface area contributed by atoms with Gasteiger partial charge in [0.05, 0.1) is 11.3 Å². The molecule has 1 aliphatic rings. The molecule has 19 heavy (non-hydrogen) atoms. The first-order valence-corrected chi connectivity index (χ1v) is 6.55. The van der Waals surface area contributed by atoms with Crippen molar-refractivity contribution >= 4 is 5.97 Å². The fraction of sp³-hybridized carbons (Fsp3) is 0.571. The summed E-state index contributed by atoms with van der Waals surface area (Å²) in [6.07, 6.45) is 1.66. The Morgan fingerprint density at radius 2 is 2.26 bits per heavy atom. The summed E-state index contributed by atoms with van der Waals surface area (Å²) < 4.78 is 0. The number of carboxylic acids is 1. The number of rotatable bonds is 4. The highest BCUT2D eigenvalue weighted by molar-refractivity contribution is 5.88. The number of aromatic nitrogens is 1. The summed E-state index contributed by atoms with van der Waals surface area (Å²) in [6.45, 7) is 4.79. The molecular weight excluding hydrogens is 242 g/mol. The van der Waals surface area contributed by atoms with Gasteiger partial charge in [0.25, 0.3) is 0 Å². The molecule has 104 valence electrons. The van der Waals surface area contributed by atoms with Crippen LogP contribution in [0.2, 0.25) is 0 Å². The molecule has 5 heteroatoms. The van der Waals surface area contributed by atoms with E-state index < -0.39 is 5.97 Å². The lowest BCUT2D eigenvalue weighted by Crippen LogP contribution is -2.34. The molecule has 1 aromatic heterocycles. The van der Waals surface area contributed by atoms with E-state index in [-0.39, 0.29) is 0 Å². The van der Waals surface area contributed by atoms with E-state index in [9.17, 15) is 4.79 Å². The van der Waals surface area contributed by atoms with Gasteiger partial charge < -0.3 is 10.0 Å². The molecule has 2 unspecified atom stereocenters. The number of hydrogen-bond donors (Lipinski definition) is 1. The Labute approximate surface area is 113 Å². The van der Waals surface area contributed by atoms with Crippen LogP contribution in [-0.2, 0) is 6.54 Å². The van der Waals surface area contributed by atoms with Crippen LogP contribution in [-0.4, -0.2) is 59.1 Å². The van der Waals surface area contributed by atoms with Gasteiger partial charge in [-0.15, -0.1) is 0 Å². The molecular formula is C14H21N3O2. The molecule has 0 aromatic carbocycles. The van der Waals surface area contributed by atoms with Crippen molar-refractivity contribution < 1.29 is 9.90 Å². The van der Waals surface area contributed by atoms with Crippen LogP contribution in [0.4, 0.5) is 0 Å². The summed E-state index contributed by atoms with van der Waals surface area (Å²) in [5.74, 6) is -0.313. The fourth-order valence-corrected chi connectivity index (χ4v) is 2.82. The van der Waals surface area contributed by atoms with Gasteiger partial charge in [-0.25, -0.2) is 4.79 Å². The number of nitrogens with zero attached hydrogens (tertiary/aromatic N) is 3. The molecule has 0 amide bonds. The second-order valence-electron chi connectivity index (χ2n) is 5.51. The Balaban J connectivity index is 2.09. The van der Waals surface area contributed by atoms with Crippen LogP contribution in [0.1, 0.15) is 23.0 Å². The summed E-state index contributed by atoms with van der Waals surface area (Å²) >= 11 is 0. The number of pyridine rings is 1. The van der Waals surface area contributed by atoms with E-state index in [0.29, 0.717) is 29.8 Å². The van der Waals surface area contributed by atoms with Gasteiger partial charge in [0.1, 0.15) is 0 Å². The van der Waals surface area contributed by atoms with E-state index in [2.05, 4.69) is 35.8 Å². The maximum Gasteiger partial charge on any atom is 0.337 e. The van der Waals surface area contributed by atoms with E-state index in [0.717, 1.165) is 13.1 Å². The highest BCUT2D eigenvalue weighted by Gasteiger charge is 2.31. The molecule has 0 aliphatic carbocycles. The molecule has 1 aromatic rings.